The number of para-hydroxylation sites is 1. The van der Waals surface area contributed by atoms with Gasteiger partial charge in [-0.1, -0.05) is 18.2 Å². The van der Waals surface area contributed by atoms with Crippen LogP contribution in [0.15, 0.2) is 45.8 Å². The summed E-state index contributed by atoms with van der Waals surface area (Å²) in [6, 6.07) is 13.0. The van der Waals surface area contributed by atoms with E-state index in [1.807, 2.05) is 23.1 Å². The number of hydrogen-bond acceptors (Lipinski definition) is 6. The van der Waals surface area contributed by atoms with E-state index in [0.29, 0.717) is 59.7 Å². The Bertz CT molecular complexity index is 1290. The number of nitrogens with zero attached hydrogens (tertiary/aromatic N) is 5. The summed E-state index contributed by atoms with van der Waals surface area (Å²) in [4.78, 5) is 32.7. The Morgan fingerprint density at radius 2 is 1.94 bits per heavy atom. The van der Waals surface area contributed by atoms with Gasteiger partial charge in [-0.15, -0.1) is 0 Å². The van der Waals surface area contributed by atoms with Crippen LogP contribution in [-0.4, -0.2) is 51.8 Å². The molecule has 1 aliphatic heterocycles. The van der Waals surface area contributed by atoms with Crippen LogP contribution in [0.1, 0.15) is 11.1 Å². The van der Waals surface area contributed by atoms with E-state index in [0.717, 1.165) is 5.56 Å². The summed E-state index contributed by atoms with van der Waals surface area (Å²) < 4.78 is 2.09. The Morgan fingerprint density at radius 3 is 2.62 bits per heavy atom. The molecule has 0 atom stereocenters. The van der Waals surface area contributed by atoms with Crippen molar-refractivity contribution in [2.24, 2.45) is 7.05 Å². The van der Waals surface area contributed by atoms with Crippen molar-refractivity contribution in [1.82, 2.24) is 14.5 Å². The first kappa shape index (κ1) is 21.8. The molecule has 0 saturated carbocycles. The van der Waals surface area contributed by atoms with Gasteiger partial charge in [0.1, 0.15) is 21.8 Å². The van der Waals surface area contributed by atoms with Crippen molar-refractivity contribution in [2.75, 3.05) is 36.4 Å². The van der Waals surface area contributed by atoms with Crippen LogP contribution in [0, 0.1) is 11.3 Å². The first-order valence-electron chi connectivity index (χ1n) is 10.0. The molecule has 164 valence electrons. The highest BCUT2D eigenvalue weighted by molar-refractivity contribution is 9.10. The summed E-state index contributed by atoms with van der Waals surface area (Å²) in [5, 5.41) is 21.2. The van der Waals surface area contributed by atoms with Crippen molar-refractivity contribution in [3.63, 3.8) is 0 Å². The number of carboxylic acid groups (broad SMARTS) is 1. The number of nitrogens with one attached hydrogen (secondary N) is 1. The molecule has 32 heavy (non-hydrogen) atoms. The molecule has 0 spiro atoms. The predicted molar refractivity (Wildman–Crippen MR) is 125 cm³/mol. The Labute approximate surface area is 192 Å². The lowest BCUT2D eigenvalue weighted by Crippen LogP contribution is -2.47. The van der Waals surface area contributed by atoms with E-state index in [9.17, 15) is 14.9 Å². The predicted octanol–water partition coefficient (Wildman–Crippen LogP) is 2.98. The first-order chi connectivity index (χ1) is 15.4. The van der Waals surface area contributed by atoms with Gasteiger partial charge in [0.25, 0.3) is 5.56 Å². The normalized spacial score (nSPS) is 14.3. The molecule has 1 amide bonds. The third-order valence-corrected chi connectivity index (χ3v) is 6.08. The second kappa shape index (κ2) is 8.98. The molecule has 3 aromatic rings. The molecule has 2 N–H and O–H groups in total. The molecular formula is C22H21BrN6O3. The maximum Gasteiger partial charge on any atom is 0.409 e. The number of anilines is 2. The first-order valence-corrected chi connectivity index (χ1v) is 10.8. The average molecular weight is 497 g/mol. The van der Waals surface area contributed by atoms with Crippen LogP contribution >= 0.6 is 15.9 Å². The summed E-state index contributed by atoms with van der Waals surface area (Å²) in [5.74, 6) is 0. The van der Waals surface area contributed by atoms with Crippen LogP contribution in [0.3, 0.4) is 0 Å². The average Bonchev–Trinajstić information content (AvgIpc) is 2.77. The lowest BCUT2D eigenvalue weighted by molar-refractivity contribution is 0.209. The van der Waals surface area contributed by atoms with Gasteiger partial charge in [-0.3, -0.25) is 15.0 Å². The van der Waals surface area contributed by atoms with Crippen LogP contribution in [0.2, 0.25) is 0 Å². The van der Waals surface area contributed by atoms with E-state index in [1.165, 1.54) is 4.57 Å². The number of rotatable bonds is 4. The highest BCUT2D eigenvalue weighted by Crippen LogP contribution is 2.29. The molecular weight excluding hydrogens is 476 g/mol. The van der Waals surface area contributed by atoms with Crippen molar-refractivity contribution in [2.45, 2.75) is 6.54 Å². The Hall–Kier alpha value is -3.42. The van der Waals surface area contributed by atoms with E-state index < -0.39 is 6.09 Å². The highest BCUT2D eigenvalue weighted by atomic mass is 79.9. The standard InChI is InChI=1S/C22H21BrN6O3/c1-27-17-6-7-18(23)26-19(17)20(15(12-24)21(27)30)29-10-8-28(9-11-29)13-14-4-2-3-5-16(14)25-22(31)32/h2-7,25H,8-11,13H2,1H3,(H,31,32). The molecule has 4 rings (SSSR count). The molecule has 0 aliphatic carbocycles. The number of halogens is 1. The van der Waals surface area contributed by atoms with E-state index in [2.05, 4.69) is 37.2 Å². The van der Waals surface area contributed by atoms with Crippen molar-refractivity contribution in [1.29, 1.82) is 5.26 Å². The third kappa shape index (κ3) is 4.17. The van der Waals surface area contributed by atoms with Gasteiger partial charge in [-0.2, -0.15) is 5.26 Å². The number of fused-ring (bicyclic) bond motifs is 1. The smallest absolute Gasteiger partial charge is 0.409 e. The van der Waals surface area contributed by atoms with Crippen LogP contribution in [-0.2, 0) is 13.6 Å². The topological polar surface area (TPSA) is 114 Å². The SMILES string of the molecule is Cn1c(=O)c(C#N)c(N2CCN(Cc3ccccc3NC(=O)O)CC2)c2nc(Br)ccc21. The number of aryl methyl sites for hydroxylation is 1. The number of amides is 1. The lowest BCUT2D eigenvalue weighted by atomic mass is 10.1. The fraction of sp³-hybridized carbons (Fsp3) is 0.273. The van der Waals surface area contributed by atoms with E-state index in [4.69, 9.17) is 5.11 Å². The summed E-state index contributed by atoms with van der Waals surface area (Å²) in [5.41, 5.74) is 3.07. The minimum atomic E-state index is -1.09. The van der Waals surface area contributed by atoms with Gasteiger partial charge in [0.15, 0.2) is 0 Å². The molecule has 2 aromatic heterocycles. The van der Waals surface area contributed by atoms with Crippen molar-refractivity contribution >= 4 is 44.4 Å². The molecule has 0 radical (unpaired) electrons. The fourth-order valence-electron chi connectivity index (χ4n) is 4.04. The number of pyridine rings is 2. The Morgan fingerprint density at radius 1 is 1.22 bits per heavy atom. The maximum atomic E-state index is 12.8. The minimum Gasteiger partial charge on any atom is -0.465 e. The number of carbonyl (C=O) groups is 1. The number of piperazine rings is 1. The molecule has 9 nitrogen and oxygen atoms in total. The van der Waals surface area contributed by atoms with Gasteiger partial charge in [-0.05, 0) is 39.7 Å². The quantitative estimate of drug-likeness (QED) is 0.533. The summed E-state index contributed by atoms with van der Waals surface area (Å²) in [6.45, 7) is 3.20. The molecule has 3 heterocycles. The van der Waals surface area contributed by atoms with Crippen LogP contribution < -0.4 is 15.8 Å². The molecule has 0 bridgehead atoms. The summed E-state index contributed by atoms with van der Waals surface area (Å²) in [6.07, 6.45) is -1.09. The molecule has 1 aromatic carbocycles. The lowest BCUT2D eigenvalue weighted by Gasteiger charge is -2.37. The van der Waals surface area contributed by atoms with E-state index >= 15 is 0 Å². The zero-order valence-corrected chi connectivity index (χ0v) is 19.0. The third-order valence-electron chi connectivity index (χ3n) is 5.63. The monoisotopic (exact) mass is 496 g/mol. The van der Waals surface area contributed by atoms with Gasteiger partial charge < -0.3 is 14.6 Å². The van der Waals surface area contributed by atoms with Gasteiger partial charge in [-0.25, -0.2) is 9.78 Å². The zero-order valence-electron chi connectivity index (χ0n) is 17.4. The van der Waals surface area contributed by atoms with E-state index in [-0.39, 0.29) is 11.1 Å². The molecule has 10 heteroatoms. The zero-order chi connectivity index (χ0) is 22.8. The molecule has 1 aliphatic rings. The highest BCUT2D eigenvalue weighted by Gasteiger charge is 2.25. The van der Waals surface area contributed by atoms with Crippen molar-refractivity contribution in [3.8, 4) is 6.07 Å². The van der Waals surface area contributed by atoms with Crippen LogP contribution in [0.5, 0.6) is 0 Å². The van der Waals surface area contributed by atoms with Crippen molar-refractivity contribution in [3.05, 3.63) is 62.5 Å². The molecule has 1 saturated heterocycles. The second-order valence-corrected chi connectivity index (χ2v) is 8.36. The summed E-state index contributed by atoms with van der Waals surface area (Å²) >= 11 is 3.39. The number of aromatic nitrogens is 2. The van der Waals surface area contributed by atoms with Gasteiger partial charge in [0, 0.05) is 45.5 Å². The largest absolute Gasteiger partial charge is 0.465 e. The van der Waals surface area contributed by atoms with Gasteiger partial charge in [0.05, 0.1) is 11.2 Å². The number of hydrogen-bond donors (Lipinski definition) is 2. The van der Waals surface area contributed by atoms with Crippen LogP contribution in [0.4, 0.5) is 16.2 Å². The number of benzene rings is 1. The van der Waals surface area contributed by atoms with Crippen LogP contribution in [0.25, 0.3) is 11.0 Å². The Kier molecular flexibility index (Phi) is 6.12. The number of nitriles is 1. The fourth-order valence-corrected chi connectivity index (χ4v) is 4.35. The minimum absolute atomic E-state index is 0.0926. The van der Waals surface area contributed by atoms with Gasteiger partial charge in [0.2, 0.25) is 0 Å². The molecule has 0 unspecified atom stereocenters. The maximum absolute atomic E-state index is 12.8. The Balaban J connectivity index is 1.60. The van der Waals surface area contributed by atoms with Crippen molar-refractivity contribution < 1.29 is 9.90 Å². The summed E-state index contributed by atoms with van der Waals surface area (Å²) in [7, 11) is 1.64. The van der Waals surface area contributed by atoms with E-state index in [1.54, 1.807) is 25.2 Å². The second-order valence-electron chi connectivity index (χ2n) is 7.55. The van der Waals surface area contributed by atoms with Gasteiger partial charge >= 0.3 is 6.09 Å². The molecule has 1 fully saturated rings.